The molecule has 0 fully saturated rings. The van der Waals surface area contributed by atoms with Gasteiger partial charge >= 0.3 is 6.03 Å². The zero-order chi connectivity index (χ0) is 27.2. The first-order valence-electron chi connectivity index (χ1n) is 12.5. The van der Waals surface area contributed by atoms with E-state index in [0.717, 1.165) is 36.2 Å². The van der Waals surface area contributed by atoms with Crippen molar-refractivity contribution in [1.29, 1.82) is 0 Å². The number of nitrogens with zero attached hydrogens (tertiary/aromatic N) is 3. The SMILES string of the molecule is CCCCCN(CC(=O)Nc1cc(C(C)(C)C)nn1-c1ccccc1C)C(=O)Nc1ccc(Cl)c(Cl)c1. The number of aromatic nitrogens is 2. The largest absolute Gasteiger partial charge is 0.322 e. The minimum atomic E-state index is -0.382. The van der Waals surface area contributed by atoms with E-state index in [1.807, 2.05) is 37.3 Å². The molecule has 1 heterocycles. The van der Waals surface area contributed by atoms with Crippen LogP contribution in [-0.2, 0) is 10.2 Å². The number of amides is 3. The summed E-state index contributed by atoms with van der Waals surface area (Å²) < 4.78 is 1.75. The highest BCUT2D eigenvalue weighted by atomic mass is 35.5. The van der Waals surface area contributed by atoms with Crippen LogP contribution in [0.1, 0.15) is 58.2 Å². The van der Waals surface area contributed by atoms with Gasteiger partial charge in [0, 0.05) is 23.7 Å². The van der Waals surface area contributed by atoms with Crippen LogP contribution < -0.4 is 10.6 Å². The van der Waals surface area contributed by atoms with E-state index in [4.69, 9.17) is 28.3 Å². The second kappa shape index (κ2) is 12.5. The zero-order valence-corrected chi connectivity index (χ0v) is 23.6. The fraction of sp³-hybridized carbons (Fsp3) is 0.393. The van der Waals surface area contributed by atoms with Crippen LogP contribution in [0.25, 0.3) is 5.69 Å². The van der Waals surface area contributed by atoms with Gasteiger partial charge in [0.1, 0.15) is 12.4 Å². The summed E-state index contributed by atoms with van der Waals surface area (Å²) in [5.74, 6) is 0.249. The summed E-state index contributed by atoms with van der Waals surface area (Å²) in [6, 6.07) is 14.3. The fourth-order valence-electron chi connectivity index (χ4n) is 3.76. The van der Waals surface area contributed by atoms with E-state index in [-0.39, 0.29) is 23.9 Å². The average Bonchev–Trinajstić information content (AvgIpc) is 3.25. The first-order chi connectivity index (χ1) is 17.5. The number of aryl methyl sites for hydroxylation is 1. The van der Waals surface area contributed by atoms with Crippen molar-refractivity contribution in [3.05, 3.63) is 69.8 Å². The maximum absolute atomic E-state index is 13.2. The lowest BCUT2D eigenvalue weighted by molar-refractivity contribution is -0.116. The number of halogens is 2. The number of carbonyl (C=O) groups excluding carboxylic acids is 2. The number of hydrogen-bond acceptors (Lipinski definition) is 3. The molecule has 1 aromatic heterocycles. The second-order valence-corrected chi connectivity index (χ2v) is 10.9. The number of anilines is 2. The molecule has 3 aromatic rings. The quantitative estimate of drug-likeness (QED) is 0.275. The number of para-hydroxylation sites is 1. The van der Waals surface area contributed by atoms with Crippen LogP contribution in [0.5, 0.6) is 0 Å². The van der Waals surface area contributed by atoms with Crippen molar-refractivity contribution < 1.29 is 9.59 Å². The van der Waals surface area contributed by atoms with Gasteiger partial charge in [0.25, 0.3) is 0 Å². The summed E-state index contributed by atoms with van der Waals surface area (Å²) in [4.78, 5) is 27.8. The van der Waals surface area contributed by atoms with E-state index in [2.05, 4.69) is 38.3 Å². The first kappa shape index (κ1) is 28.5. The van der Waals surface area contributed by atoms with Crippen molar-refractivity contribution in [2.45, 2.75) is 59.3 Å². The molecule has 0 bridgehead atoms. The molecular weight excluding hydrogens is 509 g/mol. The molecular formula is C28H35Cl2N5O2. The van der Waals surface area contributed by atoms with E-state index in [1.54, 1.807) is 22.9 Å². The summed E-state index contributed by atoms with van der Waals surface area (Å²) in [6.45, 7) is 10.7. The van der Waals surface area contributed by atoms with Gasteiger partial charge in [-0.2, -0.15) is 5.10 Å². The second-order valence-electron chi connectivity index (χ2n) is 10.1. The maximum atomic E-state index is 13.2. The zero-order valence-electron chi connectivity index (χ0n) is 22.1. The highest BCUT2D eigenvalue weighted by Crippen LogP contribution is 2.28. The Morgan fingerprint density at radius 3 is 2.38 bits per heavy atom. The molecule has 2 aromatic carbocycles. The van der Waals surface area contributed by atoms with Crippen LogP contribution in [0.4, 0.5) is 16.3 Å². The topological polar surface area (TPSA) is 79.3 Å². The lowest BCUT2D eigenvalue weighted by Crippen LogP contribution is -2.41. The van der Waals surface area contributed by atoms with E-state index in [0.29, 0.717) is 28.1 Å². The third-order valence-corrected chi connectivity index (χ3v) is 6.65. The normalized spacial score (nSPS) is 11.3. The molecule has 198 valence electrons. The van der Waals surface area contributed by atoms with Crippen LogP contribution in [0.15, 0.2) is 48.5 Å². The molecule has 0 atom stereocenters. The first-order valence-corrected chi connectivity index (χ1v) is 13.2. The lowest BCUT2D eigenvalue weighted by atomic mass is 9.92. The molecule has 0 unspecified atom stereocenters. The van der Waals surface area contributed by atoms with Crippen LogP contribution in [-0.4, -0.2) is 39.7 Å². The Labute approximate surface area is 229 Å². The molecule has 3 amide bonds. The Balaban J connectivity index is 1.82. The van der Waals surface area contributed by atoms with Gasteiger partial charge in [0.15, 0.2) is 0 Å². The van der Waals surface area contributed by atoms with Crippen LogP contribution >= 0.6 is 23.2 Å². The van der Waals surface area contributed by atoms with Crippen molar-refractivity contribution in [1.82, 2.24) is 14.7 Å². The smallest absolute Gasteiger partial charge is 0.315 e. The molecule has 0 radical (unpaired) electrons. The standard InChI is InChI=1S/C28H35Cl2N5O2/c1-6-7-10-15-34(27(37)31-20-13-14-21(29)22(30)16-20)18-26(36)32-25-17-24(28(3,4)5)33-35(25)23-12-9-8-11-19(23)2/h8-9,11-14,16-17H,6-7,10,15,18H2,1-5H3,(H,31,37)(H,32,36). The molecule has 0 spiro atoms. The molecule has 9 heteroatoms. The predicted molar refractivity (Wildman–Crippen MR) is 152 cm³/mol. The van der Waals surface area contributed by atoms with Crippen molar-refractivity contribution >= 4 is 46.6 Å². The van der Waals surface area contributed by atoms with E-state index in [9.17, 15) is 9.59 Å². The minimum absolute atomic E-state index is 0.110. The Morgan fingerprint density at radius 1 is 1.00 bits per heavy atom. The van der Waals surface area contributed by atoms with E-state index in [1.165, 1.54) is 4.90 Å². The van der Waals surface area contributed by atoms with Gasteiger partial charge in [0.05, 0.1) is 21.4 Å². The minimum Gasteiger partial charge on any atom is -0.315 e. The highest BCUT2D eigenvalue weighted by Gasteiger charge is 2.23. The summed E-state index contributed by atoms with van der Waals surface area (Å²) in [7, 11) is 0. The van der Waals surface area contributed by atoms with E-state index >= 15 is 0 Å². The molecule has 0 aliphatic rings. The third kappa shape index (κ3) is 7.73. The van der Waals surface area contributed by atoms with Gasteiger partial charge < -0.3 is 15.5 Å². The number of unbranched alkanes of at least 4 members (excludes halogenated alkanes) is 2. The number of hydrogen-bond donors (Lipinski definition) is 2. The molecule has 0 aliphatic heterocycles. The molecule has 37 heavy (non-hydrogen) atoms. The van der Waals surface area contributed by atoms with Crippen molar-refractivity contribution in [2.75, 3.05) is 23.7 Å². The number of carbonyl (C=O) groups is 2. The summed E-state index contributed by atoms with van der Waals surface area (Å²) in [5, 5.41) is 11.3. The molecule has 0 aliphatic carbocycles. The lowest BCUT2D eigenvalue weighted by Gasteiger charge is -2.23. The Bertz CT molecular complexity index is 1250. The molecule has 3 rings (SSSR count). The highest BCUT2D eigenvalue weighted by molar-refractivity contribution is 6.42. The van der Waals surface area contributed by atoms with Crippen LogP contribution in [0.3, 0.4) is 0 Å². The van der Waals surface area contributed by atoms with E-state index < -0.39 is 0 Å². The van der Waals surface area contributed by atoms with Crippen LogP contribution in [0, 0.1) is 6.92 Å². The molecule has 0 saturated heterocycles. The fourth-order valence-corrected chi connectivity index (χ4v) is 4.06. The number of benzene rings is 2. The van der Waals surface area contributed by atoms with Crippen molar-refractivity contribution in [3.8, 4) is 5.69 Å². The Hall–Kier alpha value is -3.03. The number of rotatable bonds is 9. The maximum Gasteiger partial charge on any atom is 0.322 e. The summed E-state index contributed by atoms with van der Waals surface area (Å²) in [5.41, 5.74) is 3.06. The van der Waals surface area contributed by atoms with Gasteiger partial charge in [-0.1, -0.05) is 81.9 Å². The van der Waals surface area contributed by atoms with Gasteiger partial charge in [0.2, 0.25) is 5.91 Å². The molecule has 0 saturated carbocycles. The Kier molecular flexibility index (Phi) is 9.62. The monoisotopic (exact) mass is 543 g/mol. The van der Waals surface area contributed by atoms with Gasteiger partial charge in [-0.15, -0.1) is 0 Å². The molecule has 2 N–H and O–H groups in total. The van der Waals surface area contributed by atoms with Crippen molar-refractivity contribution in [3.63, 3.8) is 0 Å². The average molecular weight is 545 g/mol. The van der Waals surface area contributed by atoms with Crippen LogP contribution in [0.2, 0.25) is 10.0 Å². The van der Waals surface area contributed by atoms with Crippen molar-refractivity contribution in [2.24, 2.45) is 0 Å². The van der Waals surface area contributed by atoms with Gasteiger partial charge in [-0.05, 0) is 43.2 Å². The number of urea groups is 1. The summed E-state index contributed by atoms with van der Waals surface area (Å²) >= 11 is 12.1. The Morgan fingerprint density at radius 2 is 1.73 bits per heavy atom. The van der Waals surface area contributed by atoms with Gasteiger partial charge in [-0.3, -0.25) is 4.79 Å². The third-order valence-electron chi connectivity index (χ3n) is 5.91. The molecule has 7 nitrogen and oxygen atoms in total. The van der Waals surface area contributed by atoms with Gasteiger partial charge in [-0.25, -0.2) is 9.48 Å². The summed E-state index contributed by atoms with van der Waals surface area (Å²) in [6.07, 6.45) is 2.74. The predicted octanol–water partition coefficient (Wildman–Crippen LogP) is 7.45. The number of nitrogens with one attached hydrogen (secondary N) is 2.